The fourth-order valence-electron chi connectivity index (χ4n) is 3.00. The van der Waals surface area contributed by atoms with Gasteiger partial charge in [-0.1, -0.05) is 47.5 Å². The lowest BCUT2D eigenvalue weighted by Gasteiger charge is -2.15. The Morgan fingerprint density at radius 1 is 1.10 bits per heavy atom. The van der Waals surface area contributed by atoms with Crippen molar-refractivity contribution in [1.29, 1.82) is 0 Å². The van der Waals surface area contributed by atoms with Crippen molar-refractivity contribution in [2.24, 2.45) is 0 Å². The number of carbonyl (C=O) groups is 1. The SMILES string of the molecule is COc1ccccc1C(=O)NC(=S)Nc1c(Cl)cc(Cl)cc1-c1nc2ccccc2s1. The summed E-state index contributed by atoms with van der Waals surface area (Å²) in [7, 11) is 1.50. The summed E-state index contributed by atoms with van der Waals surface area (Å²) in [5, 5.41) is 7.32. The van der Waals surface area contributed by atoms with Gasteiger partial charge in [0.25, 0.3) is 5.91 Å². The quantitative estimate of drug-likeness (QED) is 0.325. The molecule has 0 aliphatic rings. The normalized spacial score (nSPS) is 10.7. The third-order valence-electron chi connectivity index (χ3n) is 4.40. The van der Waals surface area contributed by atoms with Crippen molar-refractivity contribution in [1.82, 2.24) is 10.3 Å². The Bertz CT molecular complexity index is 1270. The van der Waals surface area contributed by atoms with Gasteiger partial charge in [-0.15, -0.1) is 11.3 Å². The zero-order valence-electron chi connectivity index (χ0n) is 16.1. The van der Waals surface area contributed by atoms with Crippen molar-refractivity contribution in [3.8, 4) is 16.3 Å². The van der Waals surface area contributed by atoms with Gasteiger partial charge in [0, 0.05) is 10.6 Å². The molecule has 4 aromatic rings. The molecule has 0 spiro atoms. The minimum atomic E-state index is -0.401. The average molecular weight is 488 g/mol. The monoisotopic (exact) mass is 487 g/mol. The van der Waals surface area contributed by atoms with E-state index < -0.39 is 5.91 Å². The van der Waals surface area contributed by atoms with Gasteiger partial charge in [0.2, 0.25) is 0 Å². The van der Waals surface area contributed by atoms with Crippen LogP contribution in [0.4, 0.5) is 5.69 Å². The molecule has 0 aliphatic carbocycles. The minimum Gasteiger partial charge on any atom is -0.496 e. The summed E-state index contributed by atoms with van der Waals surface area (Å²) in [5.74, 6) is 0.0454. The molecular weight excluding hydrogens is 473 g/mol. The summed E-state index contributed by atoms with van der Waals surface area (Å²) >= 11 is 19.6. The highest BCUT2D eigenvalue weighted by molar-refractivity contribution is 7.80. The minimum absolute atomic E-state index is 0.0856. The maximum Gasteiger partial charge on any atom is 0.261 e. The molecule has 1 amide bonds. The van der Waals surface area contributed by atoms with E-state index in [1.165, 1.54) is 18.4 Å². The Kier molecular flexibility index (Phi) is 6.38. The van der Waals surface area contributed by atoms with Gasteiger partial charge in [-0.25, -0.2) is 4.98 Å². The number of halogens is 2. The molecule has 156 valence electrons. The topological polar surface area (TPSA) is 63.2 Å². The van der Waals surface area contributed by atoms with Gasteiger partial charge in [-0.3, -0.25) is 10.1 Å². The number of fused-ring (bicyclic) bond motifs is 1. The van der Waals surface area contributed by atoms with E-state index in [9.17, 15) is 4.79 Å². The van der Waals surface area contributed by atoms with E-state index in [1.807, 2.05) is 24.3 Å². The van der Waals surface area contributed by atoms with Gasteiger partial charge in [0.05, 0.1) is 33.6 Å². The molecule has 31 heavy (non-hydrogen) atoms. The number of anilines is 1. The van der Waals surface area contributed by atoms with Crippen LogP contribution in [0.5, 0.6) is 5.75 Å². The van der Waals surface area contributed by atoms with Crippen LogP contribution in [0.15, 0.2) is 60.7 Å². The highest BCUT2D eigenvalue weighted by atomic mass is 35.5. The fraction of sp³-hybridized carbons (Fsp3) is 0.0455. The maximum absolute atomic E-state index is 12.7. The predicted molar refractivity (Wildman–Crippen MR) is 132 cm³/mol. The van der Waals surface area contributed by atoms with Crippen molar-refractivity contribution in [2.75, 3.05) is 12.4 Å². The Hall–Kier alpha value is -2.71. The Morgan fingerprint density at radius 2 is 1.84 bits per heavy atom. The molecule has 0 bridgehead atoms. The predicted octanol–water partition coefficient (Wildman–Crippen LogP) is 6.41. The lowest BCUT2D eigenvalue weighted by atomic mass is 10.2. The molecule has 1 heterocycles. The molecule has 0 aliphatic heterocycles. The summed E-state index contributed by atoms with van der Waals surface area (Å²) in [5.41, 5.74) is 2.43. The van der Waals surface area contributed by atoms with Gasteiger partial charge >= 0.3 is 0 Å². The van der Waals surface area contributed by atoms with Crippen LogP contribution in [0.3, 0.4) is 0 Å². The van der Waals surface area contributed by atoms with Crippen molar-refractivity contribution >= 4 is 73.7 Å². The first-order chi connectivity index (χ1) is 15.0. The number of hydrogen-bond donors (Lipinski definition) is 2. The Morgan fingerprint density at radius 3 is 2.61 bits per heavy atom. The summed E-state index contributed by atoms with van der Waals surface area (Å²) in [6.45, 7) is 0. The van der Waals surface area contributed by atoms with Crippen LogP contribution >= 0.6 is 46.8 Å². The van der Waals surface area contributed by atoms with Crippen LogP contribution in [0.25, 0.3) is 20.8 Å². The summed E-state index contributed by atoms with van der Waals surface area (Å²) in [4.78, 5) is 17.3. The number of rotatable bonds is 4. The number of amides is 1. The number of ether oxygens (including phenoxy) is 1. The zero-order valence-corrected chi connectivity index (χ0v) is 19.3. The molecule has 0 unspecified atom stereocenters. The van der Waals surface area contributed by atoms with Crippen LogP contribution in [-0.4, -0.2) is 23.1 Å². The molecule has 1 aromatic heterocycles. The number of carbonyl (C=O) groups excluding carboxylic acids is 1. The molecule has 0 saturated carbocycles. The van der Waals surface area contributed by atoms with E-state index in [0.717, 1.165) is 15.2 Å². The average Bonchev–Trinajstić information content (AvgIpc) is 3.19. The van der Waals surface area contributed by atoms with Gasteiger partial charge < -0.3 is 10.1 Å². The second-order valence-corrected chi connectivity index (χ2v) is 8.69. The summed E-state index contributed by atoms with van der Waals surface area (Å²) in [6, 6.07) is 18.1. The highest BCUT2D eigenvalue weighted by Crippen LogP contribution is 2.40. The molecule has 4 rings (SSSR count). The molecule has 2 N–H and O–H groups in total. The summed E-state index contributed by atoms with van der Waals surface area (Å²) < 4.78 is 6.27. The van der Waals surface area contributed by atoms with E-state index in [2.05, 4.69) is 15.6 Å². The number of thiocarbonyl (C=S) groups is 1. The first-order valence-electron chi connectivity index (χ1n) is 9.06. The molecule has 0 radical (unpaired) electrons. The number of aromatic nitrogens is 1. The number of hydrogen-bond acceptors (Lipinski definition) is 5. The van der Waals surface area contributed by atoms with Crippen LogP contribution in [0, 0.1) is 0 Å². The Labute approximate surface area is 198 Å². The largest absolute Gasteiger partial charge is 0.496 e. The standard InChI is InChI=1S/C22H15Cl2N3O2S2/c1-29-17-8-4-2-6-13(17)20(28)27-22(30)26-19-14(10-12(23)11-15(19)24)21-25-16-7-3-5-9-18(16)31-21/h2-11H,1H3,(H2,26,27,28,30). The van der Waals surface area contributed by atoms with Crippen LogP contribution in [0.1, 0.15) is 10.4 Å². The van der Waals surface area contributed by atoms with E-state index >= 15 is 0 Å². The first-order valence-corrected chi connectivity index (χ1v) is 11.0. The van der Waals surface area contributed by atoms with Gasteiger partial charge in [-0.05, 0) is 48.6 Å². The lowest BCUT2D eigenvalue weighted by Crippen LogP contribution is -2.34. The molecule has 0 atom stereocenters. The van der Waals surface area contributed by atoms with E-state index in [-0.39, 0.29) is 5.11 Å². The number of nitrogens with zero attached hydrogens (tertiary/aromatic N) is 1. The zero-order chi connectivity index (χ0) is 22.0. The molecule has 0 saturated heterocycles. The third-order valence-corrected chi connectivity index (χ3v) is 6.19. The lowest BCUT2D eigenvalue weighted by molar-refractivity contribution is 0.0975. The van der Waals surface area contributed by atoms with Crippen LogP contribution in [0.2, 0.25) is 10.0 Å². The highest BCUT2D eigenvalue weighted by Gasteiger charge is 2.18. The van der Waals surface area contributed by atoms with Gasteiger partial charge in [-0.2, -0.15) is 0 Å². The molecular formula is C22H15Cl2N3O2S2. The van der Waals surface area contributed by atoms with Gasteiger partial charge in [0.15, 0.2) is 5.11 Å². The van der Waals surface area contributed by atoms with Crippen molar-refractivity contribution in [2.45, 2.75) is 0 Å². The van der Waals surface area contributed by atoms with Crippen molar-refractivity contribution in [3.63, 3.8) is 0 Å². The number of methoxy groups -OCH3 is 1. The third kappa shape index (κ3) is 4.65. The molecule has 3 aromatic carbocycles. The van der Waals surface area contributed by atoms with Gasteiger partial charge in [0.1, 0.15) is 10.8 Å². The van der Waals surface area contributed by atoms with Crippen molar-refractivity contribution in [3.05, 3.63) is 76.3 Å². The Balaban J connectivity index is 1.64. The smallest absolute Gasteiger partial charge is 0.261 e. The van der Waals surface area contributed by atoms with E-state index in [1.54, 1.807) is 36.4 Å². The fourth-order valence-corrected chi connectivity index (χ4v) is 4.73. The molecule has 5 nitrogen and oxygen atoms in total. The molecule has 9 heteroatoms. The maximum atomic E-state index is 12.7. The number of benzene rings is 3. The number of nitrogens with one attached hydrogen (secondary N) is 2. The number of thiazole rings is 1. The summed E-state index contributed by atoms with van der Waals surface area (Å²) in [6.07, 6.45) is 0. The van der Waals surface area contributed by atoms with Crippen molar-refractivity contribution < 1.29 is 9.53 Å². The van der Waals surface area contributed by atoms with Crippen LogP contribution < -0.4 is 15.4 Å². The van der Waals surface area contributed by atoms with E-state index in [4.69, 9.17) is 40.2 Å². The molecule has 0 fully saturated rings. The second-order valence-electron chi connectivity index (χ2n) is 6.41. The first kappa shape index (κ1) is 21.5. The number of para-hydroxylation sites is 2. The van der Waals surface area contributed by atoms with Crippen LogP contribution in [-0.2, 0) is 0 Å². The van der Waals surface area contributed by atoms with E-state index in [0.29, 0.717) is 32.6 Å². The second kappa shape index (κ2) is 9.20.